The SMILES string of the molecule is NC1=CC=CN=CN1. The molecule has 1 rings (SSSR count). The predicted molar refractivity (Wildman–Crippen MR) is 33.0 cm³/mol. The van der Waals surface area contributed by atoms with Gasteiger partial charge in [-0.25, -0.2) is 4.99 Å². The van der Waals surface area contributed by atoms with Gasteiger partial charge in [0, 0.05) is 6.20 Å². The van der Waals surface area contributed by atoms with Gasteiger partial charge in [0.2, 0.25) is 0 Å². The molecular weight excluding hydrogens is 102 g/mol. The van der Waals surface area contributed by atoms with Gasteiger partial charge in [0.1, 0.15) is 5.82 Å². The highest BCUT2D eigenvalue weighted by Gasteiger charge is 1.81. The van der Waals surface area contributed by atoms with Crippen LogP contribution in [-0.4, -0.2) is 6.34 Å². The Kier molecular flexibility index (Phi) is 1.32. The molecule has 0 atom stereocenters. The predicted octanol–water partition coefficient (Wildman–Crippen LogP) is -0.0683. The van der Waals surface area contributed by atoms with E-state index in [9.17, 15) is 0 Å². The Morgan fingerprint density at radius 3 is 3.38 bits per heavy atom. The lowest BCUT2D eigenvalue weighted by atomic mass is 10.5. The van der Waals surface area contributed by atoms with Gasteiger partial charge in [-0.2, -0.15) is 0 Å². The highest BCUT2D eigenvalue weighted by molar-refractivity contribution is 5.58. The van der Waals surface area contributed by atoms with Crippen LogP contribution in [0, 0.1) is 0 Å². The summed E-state index contributed by atoms with van der Waals surface area (Å²) in [6.45, 7) is 0. The van der Waals surface area contributed by atoms with Crippen LogP contribution < -0.4 is 11.1 Å². The largest absolute Gasteiger partial charge is 0.385 e. The molecule has 1 aliphatic heterocycles. The van der Waals surface area contributed by atoms with Crippen LogP contribution in [0.5, 0.6) is 0 Å². The van der Waals surface area contributed by atoms with Crippen molar-refractivity contribution in [2.75, 3.05) is 0 Å². The lowest BCUT2D eigenvalue weighted by Gasteiger charge is -1.92. The second-order valence-corrected chi connectivity index (χ2v) is 1.39. The number of hydrogen-bond donors (Lipinski definition) is 2. The normalized spacial score (nSPS) is 16.8. The first-order valence-corrected chi connectivity index (χ1v) is 2.30. The molecule has 0 aromatic carbocycles. The van der Waals surface area contributed by atoms with Gasteiger partial charge < -0.3 is 11.1 Å². The molecule has 0 fully saturated rings. The van der Waals surface area contributed by atoms with Gasteiger partial charge in [-0.05, 0) is 12.2 Å². The van der Waals surface area contributed by atoms with Crippen LogP contribution >= 0.6 is 0 Å². The quantitative estimate of drug-likeness (QED) is 0.457. The zero-order valence-corrected chi connectivity index (χ0v) is 4.33. The number of allylic oxidation sites excluding steroid dienone is 2. The highest BCUT2D eigenvalue weighted by atomic mass is 15.0. The summed E-state index contributed by atoms with van der Waals surface area (Å²) in [5.41, 5.74) is 5.34. The first-order chi connectivity index (χ1) is 3.89. The molecule has 0 spiro atoms. The Balaban J connectivity index is 2.69. The van der Waals surface area contributed by atoms with Gasteiger partial charge in [0.25, 0.3) is 0 Å². The van der Waals surface area contributed by atoms with E-state index >= 15 is 0 Å². The van der Waals surface area contributed by atoms with Crippen LogP contribution in [0.4, 0.5) is 0 Å². The van der Waals surface area contributed by atoms with E-state index < -0.39 is 0 Å². The van der Waals surface area contributed by atoms with Crippen molar-refractivity contribution >= 4 is 6.34 Å². The molecule has 3 N–H and O–H groups in total. The van der Waals surface area contributed by atoms with Crippen molar-refractivity contribution in [3.05, 3.63) is 24.2 Å². The van der Waals surface area contributed by atoms with Crippen molar-refractivity contribution in [2.24, 2.45) is 10.7 Å². The van der Waals surface area contributed by atoms with Crippen LogP contribution in [0.3, 0.4) is 0 Å². The molecule has 42 valence electrons. The van der Waals surface area contributed by atoms with Crippen molar-refractivity contribution < 1.29 is 0 Å². The molecule has 0 bridgehead atoms. The molecule has 8 heavy (non-hydrogen) atoms. The number of hydrogen-bond acceptors (Lipinski definition) is 3. The van der Waals surface area contributed by atoms with Crippen LogP contribution in [0.2, 0.25) is 0 Å². The number of nitrogens with one attached hydrogen (secondary N) is 1. The minimum atomic E-state index is 0.613. The Morgan fingerprint density at radius 2 is 2.50 bits per heavy atom. The van der Waals surface area contributed by atoms with Gasteiger partial charge in [-0.15, -0.1) is 0 Å². The molecule has 0 unspecified atom stereocenters. The van der Waals surface area contributed by atoms with E-state index in [0.717, 1.165) is 0 Å². The Hall–Kier alpha value is -1.25. The van der Waals surface area contributed by atoms with E-state index in [1.54, 1.807) is 18.4 Å². The third-order valence-electron chi connectivity index (χ3n) is 0.754. The van der Waals surface area contributed by atoms with Crippen LogP contribution in [-0.2, 0) is 0 Å². The second-order valence-electron chi connectivity index (χ2n) is 1.39. The molecule has 0 aromatic rings. The first-order valence-electron chi connectivity index (χ1n) is 2.30. The summed E-state index contributed by atoms with van der Waals surface area (Å²) < 4.78 is 0. The summed E-state index contributed by atoms with van der Waals surface area (Å²) in [6, 6.07) is 0. The van der Waals surface area contributed by atoms with E-state index in [-0.39, 0.29) is 0 Å². The van der Waals surface area contributed by atoms with Crippen molar-refractivity contribution in [1.29, 1.82) is 0 Å². The lowest BCUT2D eigenvalue weighted by molar-refractivity contribution is 1.11. The number of nitrogens with zero attached hydrogens (tertiary/aromatic N) is 1. The smallest absolute Gasteiger partial charge is 0.101 e. The molecule has 3 nitrogen and oxygen atoms in total. The Morgan fingerprint density at radius 1 is 1.62 bits per heavy atom. The fourth-order valence-corrected chi connectivity index (χ4v) is 0.399. The molecule has 1 aliphatic rings. The maximum atomic E-state index is 5.34. The van der Waals surface area contributed by atoms with E-state index in [4.69, 9.17) is 5.73 Å². The Bertz CT molecular complexity index is 155. The zero-order valence-electron chi connectivity index (χ0n) is 4.33. The molecule has 0 saturated carbocycles. The summed E-state index contributed by atoms with van der Waals surface area (Å²) in [4.78, 5) is 3.77. The molecule has 0 radical (unpaired) electrons. The van der Waals surface area contributed by atoms with Gasteiger partial charge in [-0.1, -0.05) is 0 Å². The molecule has 0 saturated heterocycles. The minimum Gasteiger partial charge on any atom is -0.385 e. The number of aliphatic imine (C=N–C) groups is 1. The molecule has 0 aliphatic carbocycles. The van der Waals surface area contributed by atoms with E-state index in [1.165, 1.54) is 6.34 Å². The third-order valence-corrected chi connectivity index (χ3v) is 0.754. The number of nitrogens with two attached hydrogens (primary N) is 1. The molecule has 0 amide bonds. The average molecular weight is 109 g/mol. The van der Waals surface area contributed by atoms with Gasteiger partial charge in [0.15, 0.2) is 0 Å². The summed E-state index contributed by atoms with van der Waals surface area (Å²) in [6.07, 6.45) is 6.71. The average Bonchev–Trinajstić information content (AvgIpc) is 1.94. The van der Waals surface area contributed by atoms with Gasteiger partial charge in [0.05, 0.1) is 6.34 Å². The minimum absolute atomic E-state index is 0.613. The van der Waals surface area contributed by atoms with E-state index in [2.05, 4.69) is 10.3 Å². The maximum Gasteiger partial charge on any atom is 0.101 e. The summed E-state index contributed by atoms with van der Waals surface area (Å²) in [5.74, 6) is 0.613. The van der Waals surface area contributed by atoms with Crippen LogP contribution in [0.15, 0.2) is 29.2 Å². The van der Waals surface area contributed by atoms with E-state index in [0.29, 0.717) is 5.82 Å². The van der Waals surface area contributed by atoms with Crippen LogP contribution in [0.1, 0.15) is 0 Å². The highest BCUT2D eigenvalue weighted by Crippen LogP contribution is 1.83. The molecule has 1 heterocycles. The van der Waals surface area contributed by atoms with Crippen molar-refractivity contribution in [1.82, 2.24) is 5.32 Å². The monoisotopic (exact) mass is 109 g/mol. The summed E-state index contributed by atoms with van der Waals surface area (Å²) >= 11 is 0. The third kappa shape index (κ3) is 1.11. The topological polar surface area (TPSA) is 50.4 Å². The van der Waals surface area contributed by atoms with Gasteiger partial charge in [-0.3, -0.25) is 0 Å². The fourth-order valence-electron chi connectivity index (χ4n) is 0.399. The van der Waals surface area contributed by atoms with Crippen LogP contribution in [0.25, 0.3) is 0 Å². The zero-order chi connectivity index (χ0) is 5.82. The van der Waals surface area contributed by atoms with E-state index in [1.807, 2.05) is 0 Å². The Labute approximate surface area is 47.6 Å². The molecular formula is C5H7N3. The first kappa shape index (κ1) is 4.90. The van der Waals surface area contributed by atoms with Crippen molar-refractivity contribution in [3.8, 4) is 0 Å². The van der Waals surface area contributed by atoms with Gasteiger partial charge >= 0.3 is 0 Å². The lowest BCUT2D eigenvalue weighted by Crippen LogP contribution is -2.16. The number of rotatable bonds is 0. The second kappa shape index (κ2) is 2.16. The molecule has 3 heteroatoms. The fraction of sp³-hybridized carbons (Fsp3) is 0. The standard InChI is InChI=1S/C5H7N3/c6-5-2-1-3-7-4-8-5/h1-4H,6H2,(H,7,8). The summed E-state index contributed by atoms with van der Waals surface area (Å²) in [7, 11) is 0. The maximum absolute atomic E-state index is 5.34. The van der Waals surface area contributed by atoms with Crippen molar-refractivity contribution in [2.45, 2.75) is 0 Å². The van der Waals surface area contributed by atoms with Crippen molar-refractivity contribution in [3.63, 3.8) is 0 Å². The molecule has 0 aromatic heterocycles. The summed E-state index contributed by atoms with van der Waals surface area (Å²) in [5, 5.41) is 2.73.